The predicted molar refractivity (Wildman–Crippen MR) is 76.1 cm³/mol. The lowest BCUT2D eigenvalue weighted by Gasteiger charge is -2.10. The first kappa shape index (κ1) is 14.0. The van der Waals surface area contributed by atoms with Crippen LogP contribution in [-0.2, 0) is 0 Å². The molecule has 0 aliphatic rings. The molecule has 6 nitrogen and oxygen atoms in total. The number of nitrogens with one attached hydrogen (secondary N) is 1. The number of nitro groups is 1. The fourth-order valence-corrected chi connectivity index (χ4v) is 2.19. The normalized spacial score (nSPS) is 10.0. The van der Waals surface area contributed by atoms with E-state index in [1.54, 1.807) is 24.3 Å². The van der Waals surface area contributed by atoms with Crippen LogP contribution in [0.2, 0.25) is 0 Å². The van der Waals surface area contributed by atoms with Gasteiger partial charge in [-0.2, -0.15) is 0 Å². The first-order chi connectivity index (χ1) is 9.66. The third kappa shape index (κ3) is 3.79. The molecular formula is C13H12N2O4S. The van der Waals surface area contributed by atoms with E-state index in [0.717, 1.165) is 5.06 Å². The highest BCUT2D eigenvalue weighted by molar-refractivity contribution is 7.11. The van der Waals surface area contributed by atoms with Crippen LogP contribution in [-0.4, -0.2) is 24.0 Å². The largest absolute Gasteiger partial charge is 0.464 e. The minimum absolute atomic E-state index is 0.184. The average molecular weight is 292 g/mol. The van der Waals surface area contributed by atoms with Crippen LogP contribution in [0.25, 0.3) is 0 Å². The summed E-state index contributed by atoms with van der Waals surface area (Å²) in [7, 11) is 0. The lowest BCUT2D eigenvalue weighted by molar-refractivity contribution is -0.465. The Morgan fingerprint density at radius 2 is 2.10 bits per heavy atom. The van der Waals surface area contributed by atoms with Gasteiger partial charge in [-0.05, 0) is 29.6 Å². The molecule has 7 heteroatoms. The molecule has 2 rings (SSSR count). The molecule has 104 valence electrons. The molecule has 0 fully saturated rings. The van der Waals surface area contributed by atoms with E-state index in [-0.39, 0.29) is 6.73 Å². The van der Waals surface area contributed by atoms with Crippen molar-refractivity contribution in [2.75, 3.05) is 18.6 Å². The van der Waals surface area contributed by atoms with Crippen molar-refractivity contribution in [1.29, 1.82) is 0 Å². The molecule has 1 heterocycles. The minimum Gasteiger partial charge on any atom is -0.464 e. The topological polar surface area (TPSA) is 81.5 Å². The van der Waals surface area contributed by atoms with Crippen LogP contribution in [0, 0.1) is 10.1 Å². The summed E-state index contributed by atoms with van der Waals surface area (Å²) in [6, 6.07) is 10.4. The number of benzene rings is 1. The van der Waals surface area contributed by atoms with Gasteiger partial charge in [0.15, 0.2) is 11.8 Å². The monoisotopic (exact) mass is 292 g/mol. The van der Waals surface area contributed by atoms with Gasteiger partial charge in [0.25, 0.3) is 6.54 Å². The average Bonchev–Trinajstić information content (AvgIpc) is 2.91. The van der Waals surface area contributed by atoms with Crippen molar-refractivity contribution < 1.29 is 14.5 Å². The van der Waals surface area contributed by atoms with Crippen LogP contribution in [0.15, 0.2) is 41.8 Å². The molecule has 0 atom stereocenters. The number of Topliss-reactive ketones (excluding diaryl/α,β-unsaturated/α-hetero) is 1. The maximum absolute atomic E-state index is 11.7. The summed E-state index contributed by atoms with van der Waals surface area (Å²) in [4.78, 5) is 21.5. The molecule has 1 aromatic heterocycles. The van der Waals surface area contributed by atoms with E-state index in [4.69, 9.17) is 4.74 Å². The summed E-state index contributed by atoms with van der Waals surface area (Å²) in [5.41, 5.74) is 0.815. The van der Waals surface area contributed by atoms with Crippen LogP contribution >= 0.6 is 11.3 Å². The molecule has 0 saturated heterocycles. The van der Waals surface area contributed by atoms with Crippen molar-refractivity contribution in [3.63, 3.8) is 0 Å². The van der Waals surface area contributed by atoms with Crippen LogP contribution in [0.3, 0.4) is 0 Å². The first-order valence-electron chi connectivity index (χ1n) is 5.81. The number of ether oxygens (including phenoxy) is 1. The van der Waals surface area contributed by atoms with Gasteiger partial charge < -0.3 is 10.1 Å². The Bertz CT molecular complexity index is 598. The van der Waals surface area contributed by atoms with Crippen LogP contribution < -0.4 is 10.1 Å². The fraction of sp³-hybridized carbons (Fsp3) is 0.154. The second-order valence-corrected chi connectivity index (χ2v) is 4.77. The molecule has 20 heavy (non-hydrogen) atoms. The van der Waals surface area contributed by atoms with Gasteiger partial charge in [-0.25, -0.2) is 0 Å². The Balaban J connectivity index is 2.00. The maximum Gasteiger partial charge on any atom is 0.265 e. The standard InChI is InChI=1S/C13H12N2O4S/c16-12(8-15(17)18)10-4-1-2-5-11(10)14-9-19-13-6-3-7-20-13/h1-7,14H,8-9H2. The maximum atomic E-state index is 11.7. The van der Waals surface area contributed by atoms with E-state index < -0.39 is 17.3 Å². The number of para-hydroxylation sites is 1. The third-order valence-corrected chi connectivity index (χ3v) is 3.25. The van der Waals surface area contributed by atoms with Crippen molar-refractivity contribution in [2.24, 2.45) is 0 Å². The zero-order chi connectivity index (χ0) is 14.4. The second kappa shape index (κ2) is 6.67. The third-order valence-electron chi connectivity index (χ3n) is 2.47. The van der Waals surface area contributed by atoms with Crippen LogP contribution in [0.4, 0.5) is 5.69 Å². The highest BCUT2D eigenvalue weighted by atomic mass is 32.1. The number of thiophene rings is 1. The van der Waals surface area contributed by atoms with E-state index >= 15 is 0 Å². The van der Waals surface area contributed by atoms with E-state index in [1.165, 1.54) is 11.3 Å². The molecule has 0 unspecified atom stereocenters. The van der Waals surface area contributed by atoms with Gasteiger partial charge in [-0.3, -0.25) is 14.9 Å². The summed E-state index contributed by atoms with van der Waals surface area (Å²) >= 11 is 1.46. The number of hydrogen-bond donors (Lipinski definition) is 1. The highest BCUT2D eigenvalue weighted by Crippen LogP contribution is 2.19. The molecule has 0 spiro atoms. The summed E-state index contributed by atoms with van der Waals surface area (Å²) in [6.45, 7) is -0.534. The molecule has 2 aromatic rings. The molecule has 0 bridgehead atoms. The summed E-state index contributed by atoms with van der Waals surface area (Å²) < 4.78 is 5.43. The number of rotatable bonds is 7. The summed E-state index contributed by atoms with van der Waals surface area (Å²) in [6.07, 6.45) is 0. The quantitative estimate of drug-likeness (QED) is 0.367. The first-order valence-corrected chi connectivity index (χ1v) is 6.69. The Morgan fingerprint density at radius 3 is 2.80 bits per heavy atom. The number of anilines is 1. The lowest BCUT2D eigenvalue weighted by atomic mass is 10.1. The molecular weight excluding hydrogens is 280 g/mol. The second-order valence-electron chi connectivity index (χ2n) is 3.86. The van der Waals surface area contributed by atoms with E-state index in [9.17, 15) is 14.9 Å². The van der Waals surface area contributed by atoms with Gasteiger partial charge in [0.05, 0.1) is 0 Å². The zero-order valence-electron chi connectivity index (χ0n) is 10.4. The van der Waals surface area contributed by atoms with Crippen molar-refractivity contribution in [2.45, 2.75) is 0 Å². The SMILES string of the molecule is O=C(C[N+](=O)[O-])c1ccccc1NCOc1cccs1. The number of ketones is 1. The Morgan fingerprint density at radius 1 is 1.30 bits per heavy atom. The van der Waals surface area contributed by atoms with Crippen molar-refractivity contribution >= 4 is 22.8 Å². The Kier molecular flexibility index (Phi) is 4.67. The molecule has 0 amide bonds. The zero-order valence-corrected chi connectivity index (χ0v) is 11.3. The van der Waals surface area contributed by atoms with Crippen molar-refractivity contribution in [3.8, 4) is 5.06 Å². The number of carbonyl (C=O) groups is 1. The van der Waals surface area contributed by atoms with Gasteiger partial charge in [0, 0.05) is 16.2 Å². The summed E-state index contributed by atoms with van der Waals surface area (Å²) in [5.74, 6) is -0.533. The Labute approximate surface area is 119 Å². The van der Waals surface area contributed by atoms with Crippen LogP contribution in [0.5, 0.6) is 5.06 Å². The molecule has 1 N–H and O–H groups in total. The van der Waals surface area contributed by atoms with Crippen molar-refractivity contribution in [1.82, 2.24) is 0 Å². The van der Waals surface area contributed by atoms with Crippen molar-refractivity contribution in [3.05, 3.63) is 57.5 Å². The van der Waals surface area contributed by atoms with Gasteiger partial charge in [-0.15, -0.1) is 11.3 Å². The molecule has 0 aliphatic heterocycles. The van der Waals surface area contributed by atoms with E-state index in [0.29, 0.717) is 11.3 Å². The molecule has 0 radical (unpaired) electrons. The van der Waals surface area contributed by atoms with E-state index in [2.05, 4.69) is 5.32 Å². The molecule has 0 saturated carbocycles. The fourth-order valence-electron chi connectivity index (χ4n) is 1.61. The lowest BCUT2D eigenvalue weighted by Crippen LogP contribution is -2.17. The van der Waals surface area contributed by atoms with Gasteiger partial charge in [0.1, 0.15) is 0 Å². The molecule has 1 aromatic carbocycles. The minimum atomic E-state index is -0.718. The smallest absolute Gasteiger partial charge is 0.265 e. The van der Waals surface area contributed by atoms with E-state index in [1.807, 2.05) is 17.5 Å². The number of nitrogens with zero attached hydrogens (tertiary/aromatic N) is 1. The van der Waals surface area contributed by atoms with Gasteiger partial charge >= 0.3 is 0 Å². The predicted octanol–water partition coefficient (Wildman–Crippen LogP) is 2.66. The number of hydrogen-bond acceptors (Lipinski definition) is 6. The molecule has 0 aliphatic carbocycles. The van der Waals surface area contributed by atoms with Gasteiger partial charge in [-0.1, -0.05) is 12.1 Å². The van der Waals surface area contributed by atoms with Crippen LogP contribution in [0.1, 0.15) is 10.4 Å². The number of carbonyl (C=O) groups excluding carboxylic acids is 1. The summed E-state index contributed by atoms with van der Waals surface area (Å²) in [5, 5.41) is 16.0. The highest BCUT2D eigenvalue weighted by Gasteiger charge is 2.16. The van der Waals surface area contributed by atoms with Gasteiger partial charge in [0.2, 0.25) is 5.78 Å². The Hall–Kier alpha value is -2.41.